The van der Waals surface area contributed by atoms with Gasteiger partial charge in [-0.3, -0.25) is 4.79 Å². The number of hydrogen-bond donors (Lipinski definition) is 3. The van der Waals surface area contributed by atoms with Gasteiger partial charge in [-0.05, 0) is 73.9 Å². The molecular formula is C25H27N3OS2. The first-order valence-electron chi connectivity index (χ1n) is 10.2. The van der Waals surface area contributed by atoms with Crippen LogP contribution in [0.1, 0.15) is 24.5 Å². The number of aryl methyl sites for hydroxylation is 2. The van der Waals surface area contributed by atoms with E-state index in [2.05, 4.69) is 16.0 Å². The van der Waals surface area contributed by atoms with Crippen molar-refractivity contribution in [3.8, 4) is 0 Å². The number of anilines is 3. The molecule has 0 aliphatic heterocycles. The monoisotopic (exact) mass is 449 g/mol. The number of amides is 1. The van der Waals surface area contributed by atoms with E-state index in [-0.39, 0.29) is 11.2 Å². The lowest BCUT2D eigenvalue weighted by Gasteiger charge is -2.18. The second-order valence-corrected chi connectivity index (χ2v) is 8.93. The fourth-order valence-electron chi connectivity index (χ4n) is 3.16. The van der Waals surface area contributed by atoms with Crippen LogP contribution in [0.2, 0.25) is 0 Å². The summed E-state index contributed by atoms with van der Waals surface area (Å²) in [5.74, 6) is 0.0181. The molecule has 0 aromatic heterocycles. The molecule has 31 heavy (non-hydrogen) atoms. The Labute approximate surface area is 193 Å². The van der Waals surface area contributed by atoms with Crippen LogP contribution in [-0.2, 0) is 4.79 Å². The quantitative estimate of drug-likeness (QED) is 0.279. The van der Waals surface area contributed by atoms with Gasteiger partial charge in [0.25, 0.3) is 0 Å². The lowest BCUT2D eigenvalue weighted by molar-refractivity contribution is -0.115. The van der Waals surface area contributed by atoms with Crippen molar-refractivity contribution in [2.24, 2.45) is 0 Å². The van der Waals surface area contributed by atoms with Gasteiger partial charge in [0.1, 0.15) is 0 Å². The second-order valence-electron chi connectivity index (χ2n) is 7.24. The molecule has 0 saturated carbocycles. The lowest BCUT2D eigenvalue weighted by atomic mass is 10.1. The van der Waals surface area contributed by atoms with Crippen LogP contribution in [-0.4, -0.2) is 16.3 Å². The van der Waals surface area contributed by atoms with Crippen LogP contribution < -0.4 is 16.0 Å². The SMILES string of the molecule is CCC(Sc1cccc(NC(=S)Nc2ccccc2)c1)C(=O)Nc1c(C)cccc1C. The van der Waals surface area contributed by atoms with Gasteiger partial charge >= 0.3 is 0 Å². The van der Waals surface area contributed by atoms with Crippen LogP contribution in [0.3, 0.4) is 0 Å². The van der Waals surface area contributed by atoms with Gasteiger partial charge in [0.2, 0.25) is 5.91 Å². The Morgan fingerprint density at radius 3 is 2.16 bits per heavy atom. The average molecular weight is 450 g/mol. The minimum absolute atomic E-state index is 0.0181. The van der Waals surface area contributed by atoms with Crippen molar-refractivity contribution in [2.75, 3.05) is 16.0 Å². The zero-order chi connectivity index (χ0) is 22.2. The molecule has 0 bridgehead atoms. The van der Waals surface area contributed by atoms with E-state index in [1.165, 1.54) is 0 Å². The van der Waals surface area contributed by atoms with Crippen molar-refractivity contribution in [2.45, 2.75) is 37.3 Å². The fraction of sp³-hybridized carbons (Fsp3) is 0.200. The van der Waals surface area contributed by atoms with Crippen LogP contribution in [0.15, 0.2) is 77.7 Å². The maximum Gasteiger partial charge on any atom is 0.237 e. The molecule has 3 aromatic rings. The van der Waals surface area contributed by atoms with E-state index in [1.807, 2.05) is 93.6 Å². The largest absolute Gasteiger partial charge is 0.332 e. The summed E-state index contributed by atoms with van der Waals surface area (Å²) in [6.45, 7) is 6.05. The van der Waals surface area contributed by atoms with Crippen LogP contribution >= 0.6 is 24.0 Å². The molecule has 0 aliphatic rings. The van der Waals surface area contributed by atoms with E-state index in [0.717, 1.165) is 39.5 Å². The van der Waals surface area contributed by atoms with Crippen molar-refractivity contribution in [1.29, 1.82) is 0 Å². The first-order chi connectivity index (χ1) is 15.0. The van der Waals surface area contributed by atoms with Crippen LogP contribution in [0.5, 0.6) is 0 Å². The Hall–Kier alpha value is -2.83. The van der Waals surface area contributed by atoms with E-state index in [1.54, 1.807) is 11.8 Å². The summed E-state index contributed by atoms with van der Waals surface area (Å²) >= 11 is 6.97. The summed E-state index contributed by atoms with van der Waals surface area (Å²) < 4.78 is 0. The number of carbonyl (C=O) groups is 1. The Balaban J connectivity index is 1.64. The maximum atomic E-state index is 12.9. The van der Waals surface area contributed by atoms with E-state index in [4.69, 9.17) is 12.2 Å². The Kier molecular flexibility index (Phi) is 8.09. The number of hydrogen-bond acceptors (Lipinski definition) is 3. The van der Waals surface area contributed by atoms with Crippen molar-refractivity contribution in [3.63, 3.8) is 0 Å². The third kappa shape index (κ3) is 6.57. The molecule has 6 heteroatoms. The zero-order valence-electron chi connectivity index (χ0n) is 17.9. The number of carbonyl (C=O) groups excluding carboxylic acids is 1. The molecule has 160 valence electrons. The van der Waals surface area contributed by atoms with Gasteiger partial charge < -0.3 is 16.0 Å². The summed E-state index contributed by atoms with van der Waals surface area (Å²) in [6, 6.07) is 23.8. The number of thiocarbonyl (C=S) groups is 1. The topological polar surface area (TPSA) is 53.2 Å². The number of benzene rings is 3. The zero-order valence-corrected chi connectivity index (χ0v) is 19.6. The first-order valence-corrected chi connectivity index (χ1v) is 11.5. The molecule has 3 rings (SSSR count). The predicted molar refractivity (Wildman–Crippen MR) is 137 cm³/mol. The summed E-state index contributed by atoms with van der Waals surface area (Å²) in [4.78, 5) is 14.0. The van der Waals surface area contributed by atoms with E-state index in [9.17, 15) is 4.79 Å². The van der Waals surface area contributed by atoms with E-state index < -0.39 is 0 Å². The molecule has 1 unspecified atom stereocenters. The fourth-order valence-corrected chi connectivity index (χ4v) is 4.41. The smallest absolute Gasteiger partial charge is 0.237 e. The number of rotatable bonds is 7. The maximum absolute atomic E-state index is 12.9. The highest BCUT2D eigenvalue weighted by Crippen LogP contribution is 2.29. The molecule has 0 spiro atoms. The summed E-state index contributed by atoms with van der Waals surface area (Å²) in [5.41, 5.74) is 4.85. The Bertz CT molecular complexity index is 1030. The Morgan fingerprint density at radius 2 is 1.48 bits per heavy atom. The Morgan fingerprint density at radius 1 is 0.871 bits per heavy atom. The van der Waals surface area contributed by atoms with Gasteiger partial charge in [-0.2, -0.15) is 0 Å². The van der Waals surface area contributed by atoms with Gasteiger partial charge in [-0.1, -0.05) is 49.4 Å². The van der Waals surface area contributed by atoms with Gasteiger partial charge in [0.05, 0.1) is 5.25 Å². The number of nitrogens with one attached hydrogen (secondary N) is 3. The highest BCUT2D eigenvalue weighted by atomic mass is 32.2. The second kappa shape index (κ2) is 11.0. The molecule has 0 aliphatic carbocycles. The third-order valence-electron chi connectivity index (χ3n) is 4.79. The molecule has 0 saturated heterocycles. The van der Waals surface area contributed by atoms with Crippen LogP contribution in [0.4, 0.5) is 17.1 Å². The first kappa shape index (κ1) is 22.8. The van der Waals surface area contributed by atoms with Crippen molar-refractivity contribution in [3.05, 3.63) is 83.9 Å². The molecule has 0 fully saturated rings. The van der Waals surface area contributed by atoms with Gasteiger partial charge in [-0.25, -0.2) is 0 Å². The minimum atomic E-state index is -0.191. The van der Waals surface area contributed by atoms with Crippen molar-refractivity contribution >= 4 is 52.1 Å². The lowest BCUT2D eigenvalue weighted by Crippen LogP contribution is -2.25. The van der Waals surface area contributed by atoms with E-state index in [0.29, 0.717) is 5.11 Å². The molecule has 0 radical (unpaired) electrons. The summed E-state index contributed by atoms with van der Waals surface area (Å²) in [5, 5.41) is 9.83. The third-order valence-corrected chi connectivity index (χ3v) is 6.36. The minimum Gasteiger partial charge on any atom is -0.332 e. The molecule has 4 nitrogen and oxygen atoms in total. The average Bonchev–Trinajstić information content (AvgIpc) is 2.75. The highest BCUT2D eigenvalue weighted by molar-refractivity contribution is 8.00. The van der Waals surface area contributed by atoms with Crippen LogP contribution in [0, 0.1) is 13.8 Å². The van der Waals surface area contributed by atoms with Crippen LogP contribution in [0.25, 0.3) is 0 Å². The van der Waals surface area contributed by atoms with E-state index >= 15 is 0 Å². The molecule has 3 aromatic carbocycles. The van der Waals surface area contributed by atoms with Gasteiger partial charge in [0.15, 0.2) is 5.11 Å². The standard InChI is InChI=1S/C25H27N3OS2/c1-4-22(24(29)28-23-17(2)10-8-11-18(23)3)31-21-15-9-14-20(16-21)27-25(30)26-19-12-6-5-7-13-19/h5-16,22H,4H2,1-3H3,(H,28,29)(H2,26,27,30). The van der Waals surface area contributed by atoms with Gasteiger partial charge in [-0.15, -0.1) is 11.8 Å². The predicted octanol–water partition coefficient (Wildman–Crippen LogP) is 6.62. The highest BCUT2D eigenvalue weighted by Gasteiger charge is 2.19. The molecule has 0 heterocycles. The normalized spacial score (nSPS) is 11.5. The molecule has 1 amide bonds. The molecule has 1 atom stereocenters. The number of para-hydroxylation sites is 2. The van der Waals surface area contributed by atoms with Crippen molar-refractivity contribution in [1.82, 2.24) is 0 Å². The summed E-state index contributed by atoms with van der Waals surface area (Å²) in [7, 11) is 0. The molecular weight excluding hydrogens is 422 g/mol. The number of thioether (sulfide) groups is 1. The summed E-state index contributed by atoms with van der Waals surface area (Å²) in [6.07, 6.45) is 0.729. The van der Waals surface area contributed by atoms with Crippen molar-refractivity contribution < 1.29 is 4.79 Å². The van der Waals surface area contributed by atoms with Gasteiger partial charge in [0, 0.05) is 22.0 Å². The molecule has 3 N–H and O–H groups in total.